The number of carbonyl (C=O) groups is 3. The number of rotatable bonds is 6. The molecule has 0 aliphatic carbocycles. The van der Waals surface area contributed by atoms with E-state index in [1.807, 2.05) is 22.6 Å². The molecule has 0 saturated heterocycles. The predicted octanol–water partition coefficient (Wildman–Crippen LogP) is 1.39. The average Bonchev–Trinajstić information content (AvgIpc) is 2.36. The summed E-state index contributed by atoms with van der Waals surface area (Å²) in [5.74, 6) is -2.41. The Labute approximate surface area is 133 Å². The number of amides is 2. The Morgan fingerprint density at radius 3 is 2.60 bits per heavy atom. The van der Waals surface area contributed by atoms with Crippen molar-refractivity contribution < 1.29 is 19.5 Å². The Morgan fingerprint density at radius 1 is 1.40 bits per heavy atom. The molecule has 1 aromatic rings. The third-order valence-corrected chi connectivity index (χ3v) is 3.63. The number of carboxylic acids is 1. The van der Waals surface area contributed by atoms with Gasteiger partial charge >= 0.3 is 5.97 Å². The number of hydrogen-bond donors (Lipinski definition) is 3. The summed E-state index contributed by atoms with van der Waals surface area (Å²) >= 11 is 7.75. The summed E-state index contributed by atoms with van der Waals surface area (Å²) in [6, 6.07) is 3.55. The molecule has 8 heteroatoms. The van der Waals surface area contributed by atoms with E-state index in [-0.39, 0.29) is 18.4 Å². The Balaban J connectivity index is 2.82. The maximum Gasteiger partial charge on any atom is 0.326 e. The number of aliphatic carboxylic acids is 1. The van der Waals surface area contributed by atoms with Crippen LogP contribution in [0.25, 0.3) is 0 Å². The van der Waals surface area contributed by atoms with Gasteiger partial charge in [-0.05, 0) is 47.2 Å². The van der Waals surface area contributed by atoms with Crippen molar-refractivity contribution in [3.8, 4) is 0 Å². The molecule has 1 rings (SSSR count). The van der Waals surface area contributed by atoms with Crippen molar-refractivity contribution in [3.63, 3.8) is 0 Å². The quantitative estimate of drug-likeness (QED) is 0.616. The van der Waals surface area contributed by atoms with Gasteiger partial charge in [-0.3, -0.25) is 9.59 Å². The first-order valence-corrected chi connectivity index (χ1v) is 7.04. The smallest absolute Gasteiger partial charge is 0.326 e. The number of hydrogen-bond acceptors (Lipinski definition) is 3. The van der Waals surface area contributed by atoms with Crippen LogP contribution in [-0.4, -0.2) is 28.9 Å². The van der Waals surface area contributed by atoms with Gasteiger partial charge in [0.2, 0.25) is 5.91 Å². The maximum atomic E-state index is 12.0. The zero-order valence-corrected chi connectivity index (χ0v) is 13.1. The molecular weight excluding hydrogens is 398 g/mol. The largest absolute Gasteiger partial charge is 0.480 e. The Hall–Kier alpha value is -1.35. The van der Waals surface area contributed by atoms with Crippen LogP contribution in [0.15, 0.2) is 18.2 Å². The van der Waals surface area contributed by atoms with E-state index in [4.69, 9.17) is 22.4 Å². The molecule has 0 heterocycles. The third-order valence-electron chi connectivity index (χ3n) is 2.46. The summed E-state index contributed by atoms with van der Waals surface area (Å²) < 4.78 is 0.642. The van der Waals surface area contributed by atoms with E-state index in [1.54, 1.807) is 12.1 Å². The number of carboxylic acid groups (broad SMARTS) is 1. The zero-order valence-electron chi connectivity index (χ0n) is 10.2. The van der Waals surface area contributed by atoms with Gasteiger partial charge in [-0.2, -0.15) is 0 Å². The lowest BCUT2D eigenvalue weighted by Crippen LogP contribution is -2.41. The molecule has 0 unspecified atom stereocenters. The van der Waals surface area contributed by atoms with E-state index in [1.165, 1.54) is 6.07 Å². The lowest BCUT2D eigenvalue weighted by atomic mass is 10.1. The molecule has 0 saturated carbocycles. The van der Waals surface area contributed by atoms with Crippen molar-refractivity contribution in [1.29, 1.82) is 0 Å². The van der Waals surface area contributed by atoms with E-state index in [9.17, 15) is 14.4 Å². The number of halogens is 2. The monoisotopic (exact) mass is 410 g/mol. The second-order valence-corrected chi connectivity index (χ2v) is 5.59. The van der Waals surface area contributed by atoms with E-state index in [0.717, 1.165) is 0 Å². The molecule has 0 radical (unpaired) electrons. The normalized spacial score (nSPS) is 11.7. The van der Waals surface area contributed by atoms with Crippen LogP contribution >= 0.6 is 34.2 Å². The van der Waals surface area contributed by atoms with Crippen molar-refractivity contribution in [2.75, 3.05) is 0 Å². The summed E-state index contributed by atoms with van der Waals surface area (Å²) in [5.41, 5.74) is 5.24. The molecule has 1 aromatic carbocycles. The van der Waals surface area contributed by atoms with Gasteiger partial charge in [0.05, 0.1) is 5.56 Å². The molecule has 0 aliphatic rings. The van der Waals surface area contributed by atoms with Gasteiger partial charge in [-0.25, -0.2) is 4.79 Å². The van der Waals surface area contributed by atoms with Crippen LogP contribution in [0.5, 0.6) is 0 Å². The Kier molecular flexibility index (Phi) is 6.21. The molecule has 4 N–H and O–H groups in total. The number of primary amides is 1. The highest BCUT2D eigenvalue weighted by atomic mass is 127. The molecule has 108 valence electrons. The first-order chi connectivity index (χ1) is 9.31. The fraction of sp³-hybridized carbons (Fsp3) is 0.250. The van der Waals surface area contributed by atoms with Crippen LogP contribution in [0.4, 0.5) is 0 Å². The minimum atomic E-state index is -1.23. The second-order valence-electron chi connectivity index (χ2n) is 3.99. The summed E-state index contributed by atoms with van der Waals surface area (Å²) in [6.07, 6.45) is -0.183. The molecule has 6 nitrogen and oxygen atoms in total. The number of nitrogens with one attached hydrogen (secondary N) is 1. The minimum absolute atomic E-state index is 0.0620. The van der Waals surface area contributed by atoms with E-state index >= 15 is 0 Å². The summed E-state index contributed by atoms with van der Waals surface area (Å²) in [4.78, 5) is 33.7. The highest BCUT2D eigenvalue weighted by Crippen LogP contribution is 2.18. The molecular formula is C12H12ClIN2O4. The van der Waals surface area contributed by atoms with Crippen LogP contribution in [-0.2, 0) is 9.59 Å². The lowest BCUT2D eigenvalue weighted by molar-refractivity contribution is -0.139. The first-order valence-electron chi connectivity index (χ1n) is 5.58. The van der Waals surface area contributed by atoms with Gasteiger partial charge in [0, 0.05) is 15.0 Å². The van der Waals surface area contributed by atoms with Crippen LogP contribution < -0.4 is 11.1 Å². The van der Waals surface area contributed by atoms with E-state index < -0.39 is 23.8 Å². The number of nitrogens with two attached hydrogens (primary N) is 1. The van der Waals surface area contributed by atoms with Crippen molar-refractivity contribution in [3.05, 3.63) is 32.4 Å². The number of benzene rings is 1. The standard InChI is InChI=1S/C12H12ClIN2O4/c13-6-1-2-8(14)7(5-6)11(18)16-9(12(19)20)3-4-10(15)17/h1-2,5,9H,3-4H2,(H2,15,17)(H,16,18)(H,19,20)/t9-/m0/s1. The average molecular weight is 411 g/mol. The van der Waals surface area contributed by atoms with Crippen molar-refractivity contribution in [2.24, 2.45) is 5.73 Å². The Bertz CT molecular complexity index is 550. The first kappa shape index (κ1) is 16.7. The fourth-order valence-corrected chi connectivity index (χ4v) is 2.20. The van der Waals surface area contributed by atoms with Crippen molar-refractivity contribution >= 4 is 52.0 Å². The maximum absolute atomic E-state index is 12.0. The summed E-state index contributed by atoms with van der Waals surface area (Å²) in [5, 5.41) is 11.7. The molecule has 1 atom stereocenters. The minimum Gasteiger partial charge on any atom is -0.480 e. The Morgan fingerprint density at radius 2 is 2.05 bits per heavy atom. The summed E-state index contributed by atoms with van der Waals surface area (Å²) in [7, 11) is 0. The second kappa shape index (κ2) is 7.44. The molecule has 0 aromatic heterocycles. The van der Waals surface area contributed by atoms with E-state index in [0.29, 0.717) is 8.59 Å². The van der Waals surface area contributed by atoms with Crippen LogP contribution in [0.1, 0.15) is 23.2 Å². The highest BCUT2D eigenvalue weighted by molar-refractivity contribution is 14.1. The topological polar surface area (TPSA) is 109 Å². The summed E-state index contributed by atoms with van der Waals surface area (Å²) in [6.45, 7) is 0. The highest BCUT2D eigenvalue weighted by Gasteiger charge is 2.22. The van der Waals surface area contributed by atoms with Crippen molar-refractivity contribution in [1.82, 2.24) is 5.32 Å². The zero-order chi connectivity index (χ0) is 15.3. The molecule has 0 aliphatic heterocycles. The van der Waals surface area contributed by atoms with Crippen LogP contribution in [0.3, 0.4) is 0 Å². The van der Waals surface area contributed by atoms with Crippen molar-refractivity contribution in [2.45, 2.75) is 18.9 Å². The van der Waals surface area contributed by atoms with Crippen LogP contribution in [0.2, 0.25) is 5.02 Å². The van der Waals surface area contributed by atoms with Crippen LogP contribution in [0, 0.1) is 3.57 Å². The molecule has 0 spiro atoms. The molecule has 20 heavy (non-hydrogen) atoms. The SMILES string of the molecule is NC(=O)CC[C@H](NC(=O)c1cc(Cl)ccc1I)C(=O)O. The lowest BCUT2D eigenvalue weighted by Gasteiger charge is -2.14. The van der Waals surface area contributed by atoms with Gasteiger partial charge in [0.25, 0.3) is 5.91 Å². The van der Waals surface area contributed by atoms with E-state index in [2.05, 4.69) is 5.32 Å². The molecule has 0 fully saturated rings. The van der Waals surface area contributed by atoms with Gasteiger partial charge in [0.15, 0.2) is 0 Å². The van der Waals surface area contributed by atoms with Gasteiger partial charge < -0.3 is 16.2 Å². The predicted molar refractivity (Wildman–Crippen MR) is 81.5 cm³/mol. The molecule has 0 bridgehead atoms. The van der Waals surface area contributed by atoms with Gasteiger partial charge in [-0.15, -0.1) is 0 Å². The molecule has 2 amide bonds. The number of carbonyl (C=O) groups excluding carboxylic acids is 2. The van der Waals surface area contributed by atoms with Gasteiger partial charge in [-0.1, -0.05) is 11.6 Å². The third kappa shape index (κ3) is 4.97. The fourth-order valence-electron chi connectivity index (χ4n) is 1.45. The van der Waals surface area contributed by atoms with Gasteiger partial charge in [0.1, 0.15) is 6.04 Å².